The summed E-state index contributed by atoms with van der Waals surface area (Å²) in [5.74, 6) is 0. The van der Waals surface area contributed by atoms with Gasteiger partial charge in [0.15, 0.2) is 0 Å². The van der Waals surface area contributed by atoms with Gasteiger partial charge in [-0.05, 0) is 73.9 Å². The second-order valence-electron chi connectivity index (χ2n) is 7.79. The average molecular weight is 390 g/mol. The van der Waals surface area contributed by atoms with Gasteiger partial charge in [0.05, 0.1) is 0 Å². The molecule has 4 aromatic rings. The molecule has 0 radical (unpaired) electrons. The van der Waals surface area contributed by atoms with Gasteiger partial charge in [-0.1, -0.05) is 83.9 Å². The second kappa shape index (κ2) is 8.84. The highest BCUT2D eigenvalue weighted by Crippen LogP contribution is 2.35. The lowest BCUT2D eigenvalue weighted by molar-refractivity contribution is 1.27. The number of allylic oxidation sites excluding steroid dienone is 1. The summed E-state index contributed by atoms with van der Waals surface area (Å²) in [6.45, 7) is 6.41. The van der Waals surface area contributed by atoms with Gasteiger partial charge in [-0.3, -0.25) is 0 Å². The van der Waals surface area contributed by atoms with Crippen molar-refractivity contribution in [1.82, 2.24) is 0 Å². The van der Waals surface area contributed by atoms with Crippen LogP contribution in [-0.2, 0) is 0 Å². The minimum atomic E-state index is 1.15. The molecule has 1 nitrogen and oxygen atoms in total. The van der Waals surface area contributed by atoms with Crippen LogP contribution in [0.15, 0.2) is 103 Å². The van der Waals surface area contributed by atoms with Crippen LogP contribution in [0.3, 0.4) is 0 Å². The Morgan fingerprint density at radius 3 is 1.47 bits per heavy atom. The van der Waals surface area contributed by atoms with E-state index >= 15 is 0 Å². The monoisotopic (exact) mass is 389 g/mol. The number of nitrogens with zero attached hydrogens (tertiary/aromatic N) is 1. The van der Waals surface area contributed by atoms with Crippen molar-refractivity contribution in [2.45, 2.75) is 20.8 Å². The zero-order valence-corrected chi connectivity index (χ0v) is 17.8. The molecule has 0 aromatic heterocycles. The first-order chi connectivity index (χ1) is 14.6. The summed E-state index contributed by atoms with van der Waals surface area (Å²) in [5.41, 5.74) is 9.71. The fraction of sp³-hybridized carbons (Fsp3) is 0.103. The molecule has 30 heavy (non-hydrogen) atoms. The summed E-state index contributed by atoms with van der Waals surface area (Å²) in [6, 6.07) is 36.7. The number of aryl methyl sites for hydroxylation is 2. The van der Waals surface area contributed by atoms with E-state index in [0.717, 1.165) is 17.1 Å². The zero-order chi connectivity index (χ0) is 20.9. The molecule has 148 valence electrons. The Labute approximate surface area is 179 Å². The van der Waals surface area contributed by atoms with Crippen LogP contribution in [0.5, 0.6) is 0 Å². The van der Waals surface area contributed by atoms with Gasteiger partial charge in [0.1, 0.15) is 0 Å². The molecule has 0 amide bonds. The van der Waals surface area contributed by atoms with Crippen molar-refractivity contribution in [3.05, 3.63) is 125 Å². The van der Waals surface area contributed by atoms with E-state index in [4.69, 9.17) is 0 Å². The van der Waals surface area contributed by atoms with Crippen LogP contribution in [0.2, 0.25) is 0 Å². The molecule has 0 aliphatic heterocycles. The van der Waals surface area contributed by atoms with Crippen LogP contribution in [0.1, 0.15) is 29.2 Å². The highest BCUT2D eigenvalue weighted by atomic mass is 15.1. The van der Waals surface area contributed by atoms with Gasteiger partial charge < -0.3 is 4.90 Å². The summed E-state index contributed by atoms with van der Waals surface area (Å²) in [5, 5.41) is 0. The molecule has 0 fully saturated rings. The average Bonchev–Trinajstić information content (AvgIpc) is 2.78. The van der Waals surface area contributed by atoms with E-state index in [1.54, 1.807) is 0 Å². The first kappa shape index (κ1) is 19.7. The smallest absolute Gasteiger partial charge is 0.0462 e. The molecule has 0 spiro atoms. The van der Waals surface area contributed by atoms with Gasteiger partial charge in [0.25, 0.3) is 0 Å². The minimum Gasteiger partial charge on any atom is -0.311 e. The van der Waals surface area contributed by atoms with Gasteiger partial charge in [-0.2, -0.15) is 0 Å². The largest absolute Gasteiger partial charge is 0.311 e. The molecule has 1 heteroatoms. The Morgan fingerprint density at radius 2 is 1.00 bits per heavy atom. The molecule has 0 N–H and O–H groups in total. The topological polar surface area (TPSA) is 3.24 Å². The molecular formula is C29H27N. The van der Waals surface area contributed by atoms with Crippen molar-refractivity contribution in [2.75, 3.05) is 4.90 Å². The van der Waals surface area contributed by atoms with E-state index in [0.29, 0.717) is 0 Å². The third-order valence-electron chi connectivity index (χ3n) is 5.35. The molecule has 4 rings (SSSR count). The van der Waals surface area contributed by atoms with Gasteiger partial charge in [-0.15, -0.1) is 0 Å². The van der Waals surface area contributed by atoms with Gasteiger partial charge >= 0.3 is 0 Å². The molecule has 0 heterocycles. The maximum Gasteiger partial charge on any atom is 0.0462 e. The van der Waals surface area contributed by atoms with E-state index in [-0.39, 0.29) is 0 Å². The zero-order valence-electron chi connectivity index (χ0n) is 17.8. The summed E-state index contributed by atoms with van der Waals surface area (Å²) >= 11 is 0. The highest BCUT2D eigenvalue weighted by Gasteiger charge is 2.12. The van der Waals surface area contributed by atoms with Crippen molar-refractivity contribution in [3.63, 3.8) is 0 Å². The first-order valence-electron chi connectivity index (χ1n) is 10.4. The lowest BCUT2D eigenvalue weighted by Crippen LogP contribution is -2.09. The number of hydrogen-bond acceptors (Lipinski definition) is 1. The molecule has 0 aliphatic rings. The quantitative estimate of drug-likeness (QED) is 0.310. The summed E-state index contributed by atoms with van der Waals surface area (Å²) in [6.07, 6.45) is 2.23. The predicted molar refractivity (Wildman–Crippen MR) is 131 cm³/mol. The van der Waals surface area contributed by atoms with Crippen LogP contribution in [0, 0.1) is 13.8 Å². The number of benzene rings is 4. The summed E-state index contributed by atoms with van der Waals surface area (Å²) < 4.78 is 0. The van der Waals surface area contributed by atoms with Crippen LogP contribution >= 0.6 is 0 Å². The Morgan fingerprint density at radius 1 is 0.567 bits per heavy atom. The summed E-state index contributed by atoms with van der Waals surface area (Å²) in [7, 11) is 0. The normalized spacial score (nSPS) is 11.4. The third-order valence-corrected chi connectivity index (χ3v) is 5.35. The van der Waals surface area contributed by atoms with Crippen molar-refractivity contribution in [1.29, 1.82) is 0 Å². The molecule has 0 saturated heterocycles. The van der Waals surface area contributed by atoms with E-state index < -0.39 is 0 Å². The van der Waals surface area contributed by atoms with E-state index in [1.807, 2.05) is 6.07 Å². The van der Waals surface area contributed by atoms with Crippen LogP contribution in [0.25, 0.3) is 11.6 Å². The standard InChI is InChI=1S/C29H27N/c1-22-9-15-27(16-10-22)30(28-17-11-23(2)12-18-28)29-19-13-26(14-20-29)24(3)21-25-7-5-4-6-8-25/h4-21H,1-3H3/b24-21+. The van der Waals surface area contributed by atoms with Gasteiger partial charge in [-0.25, -0.2) is 0 Å². The maximum atomic E-state index is 2.30. The van der Waals surface area contributed by atoms with Gasteiger partial charge in [0, 0.05) is 17.1 Å². The number of anilines is 3. The molecule has 4 aromatic carbocycles. The van der Waals surface area contributed by atoms with Crippen LogP contribution in [-0.4, -0.2) is 0 Å². The molecule has 0 saturated carbocycles. The van der Waals surface area contributed by atoms with Gasteiger partial charge in [0.2, 0.25) is 0 Å². The van der Waals surface area contributed by atoms with Crippen molar-refractivity contribution >= 4 is 28.7 Å². The van der Waals surface area contributed by atoms with Crippen molar-refractivity contribution in [3.8, 4) is 0 Å². The van der Waals surface area contributed by atoms with Crippen molar-refractivity contribution in [2.24, 2.45) is 0 Å². The molecule has 0 unspecified atom stereocenters. The Hall–Kier alpha value is -3.58. The van der Waals surface area contributed by atoms with E-state index in [9.17, 15) is 0 Å². The fourth-order valence-electron chi connectivity index (χ4n) is 3.59. The Balaban J connectivity index is 1.70. The first-order valence-corrected chi connectivity index (χ1v) is 10.4. The minimum absolute atomic E-state index is 1.15. The molecule has 0 bridgehead atoms. The second-order valence-corrected chi connectivity index (χ2v) is 7.79. The Bertz CT molecular complexity index is 1070. The van der Waals surface area contributed by atoms with Crippen LogP contribution < -0.4 is 4.90 Å². The molecule has 0 aliphatic carbocycles. The van der Waals surface area contributed by atoms with E-state index in [2.05, 4.69) is 129 Å². The Kier molecular flexibility index (Phi) is 5.81. The van der Waals surface area contributed by atoms with E-state index in [1.165, 1.54) is 27.8 Å². The number of hydrogen-bond donors (Lipinski definition) is 0. The third kappa shape index (κ3) is 4.52. The van der Waals surface area contributed by atoms with Crippen molar-refractivity contribution < 1.29 is 0 Å². The maximum absolute atomic E-state index is 2.30. The predicted octanol–water partition coefficient (Wildman–Crippen LogP) is 8.33. The SMILES string of the molecule is C/C(=C\c1ccccc1)c1ccc(N(c2ccc(C)cc2)c2ccc(C)cc2)cc1. The van der Waals surface area contributed by atoms with Crippen LogP contribution in [0.4, 0.5) is 17.1 Å². The molecule has 0 atom stereocenters. The molecular weight excluding hydrogens is 362 g/mol. The summed E-state index contributed by atoms with van der Waals surface area (Å²) in [4.78, 5) is 2.30. The number of rotatable bonds is 5. The highest BCUT2D eigenvalue weighted by molar-refractivity contribution is 5.82. The lowest BCUT2D eigenvalue weighted by Gasteiger charge is -2.26. The lowest BCUT2D eigenvalue weighted by atomic mass is 10.0. The fourth-order valence-corrected chi connectivity index (χ4v) is 3.59.